The molecule has 1 aromatic rings. The zero-order chi connectivity index (χ0) is 24.1. The molecule has 8 saturated carbocycles. The molecule has 8 fully saturated rings. The van der Waals surface area contributed by atoms with Gasteiger partial charge in [-0.1, -0.05) is 18.2 Å². The molecule has 188 valence electrons. The summed E-state index contributed by atoms with van der Waals surface area (Å²) in [6.07, 6.45) is 12.2. The number of alkyl halides is 2. The van der Waals surface area contributed by atoms with Gasteiger partial charge in [-0.2, -0.15) is 0 Å². The van der Waals surface area contributed by atoms with E-state index in [4.69, 9.17) is 23.2 Å². The van der Waals surface area contributed by atoms with Crippen LogP contribution in [0.1, 0.15) is 82.6 Å². The highest BCUT2D eigenvalue weighted by Gasteiger charge is 2.61. The maximum atomic E-state index is 13.7. The van der Waals surface area contributed by atoms with Gasteiger partial charge >= 0.3 is 0 Å². The van der Waals surface area contributed by atoms with E-state index in [-0.39, 0.29) is 32.4 Å². The van der Waals surface area contributed by atoms with E-state index in [9.17, 15) is 9.59 Å². The Morgan fingerprint density at radius 3 is 1.74 bits per heavy atom. The topological polar surface area (TPSA) is 58.2 Å². The Morgan fingerprint density at radius 1 is 0.743 bits per heavy atom. The van der Waals surface area contributed by atoms with Gasteiger partial charge < -0.3 is 10.6 Å². The van der Waals surface area contributed by atoms with E-state index < -0.39 is 0 Å². The third-order valence-corrected chi connectivity index (χ3v) is 11.5. The third-order valence-electron chi connectivity index (χ3n) is 10.6. The molecular weight excluding hydrogens is 479 g/mol. The van der Waals surface area contributed by atoms with Crippen molar-refractivity contribution in [1.82, 2.24) is 5.32 Å². The van der Waals surface area contributed by atoms with E-state index in [0.717, 1.165) is 75.5 Å². The van der Waals surface area contributed by atoms with Gasteiger partial charge in [-0.15, -0.1) is 23.2 Å². The lowest BCUT2D eigenvalue weighted by molar-refractivity contribution is -0.144. The Kier molecular flexibility index (Phi) is 4.99. The molecule has 8 aliphatic carbocycles. The van der Waals surface area contributed by atoms with Crippen LogP contribution in [0, 0.1) is 34.5 Å². The van der Waals surface area contributed by atoms with Crippen molar-refractivity contribution < 1.29 is 9.59 Å². The van der Waals surface area contributed by atoms with Crippen LogP contribution < -0.4 is 10.6 Å². The summed E-state index contributed by atoms with van der Waals surface area (Å²) in [6.45, 7) is 0.430. The van der Waals surface area contributed by atoms with Crippen LogP contribution in [0.15, 0.2) is 24.3 Å². The molecule has 0 saturated heterocycles. The summed E-state index contributed by atoms with van der Waals surface area (Å²) >= 11 is 14.0. The zero-order valence-corrected chi connectivity index (χ0v) is 21.9. The van der Waals surface area contributed by atoms with Crippen LogP contribution in [0.2, 0.25) is 0 Å². The van der Waals surface area contributed by atoms with Crippen molar-refractivity contribution in [3.05, 3.63) is 29.8 Å². The third kappa shape index (κ3) is 3.76. The van der Waals surface area contributed by atoms with Gasteiger partial charge in [0.1, 0.15) is 0 Å². The van der Waals surface area contributed by atoms with Crippen LogP contribution in [0.25, 0.3) is 0 Å². The van der Waals surface area contributed by atoms with Crippen LogP contribution in [-0.2, 0) is 16.1 Å². The minimum absolute atomic E-state index is 0.126. The second kappa shape index (κ2) is 7.63. The largest absolute Gasteiger partial charge is 0.351 e. The highest BCUT2D eigenvalue weighted by atomic mass is 35.5. The van der Waals surface area contributed by atoms with Gasteiger partial charge in [0, 0.05) is 22.0 Å². The lowest BCUT2D eigenvalue weighted by Gasteiger charge is -2.59. The zero-order valence-electron chi connectivity index (χ0n) is 20.4. The van der Waals surface area contributed by atoms with Gasteiger partial charge in [0.15, 0.2) is 0 Å². The summed E-state index contributed by atoms with van der Waals surface area (Å²) in [4.78, 5) is 26.9. The molecule has 4 atom stereocenters. The number of hydrogen-bond acceptors (Lipinski definition) is 2. The number of benzene rings is 1. The highest BCUT2D eigenvalue weighted by molar-refractivity contribution is 6.24. The maximum Gasteiger partial charge on any atom is 0.230 e. The fourth-order valence-electron chi connectivity index (χ4n) is 10.2. The number of rotatable bonds is 5. The summed E-state index contributed by atoms with van der Waals surface area (Å²) < 4.78 is 0. The lowest BCUT2D eigenvalue weighted by Crippen LogP contribution is -2.58. The predicted octanol–water partition coefficient (Wildman–Crippen LogP) is 6.40. The van der Waals surface area contributed by atoms with Crippen molar-refractivity contribution in [1.29, 1.82) is 0 Å². The fourth-order valence-corrected chi connectivity index (χ4v) is 11.6. The molecule has 0 radical (unpaired) electrons. The number of halogens is 2. The quantitative estimate of drug-likeness (QED) is 0.446. The number of para-hydroxylation sites is 1. The number of anilines is 1. The van der Waals surface area contributed by atoms with Gasteiger partial charge in [0.25, 0.3) is 0 Å². The van der Waals surface area contributed by atoms with Gasteiger partial charge in [-0.05, 0) is 112 Å². The molecule has 0 aromatic heterocycles. The van der Waals surface area contributed by atoms with Gasteiger partial charge in [-0.3, -0.25) is 9.59 Å². The Hall–Kier alpha value is -1.26. The van der Waals surface area contributed by atoms with Crippen LogP contribution in [0.4, 0.5) is 5.69 Å². The highest BCUT2D eigenvalue weighted by Crippen LogP contribution is 2.65. The minimum Gasteiger partial charge on any atom is -0.351 e. The van der Waals surface area contributed by atoms with Crippen LogP contribution >= 0.6 is 23.2 Å². The average molecular weight is 516 g/mol. The first-order valence-electron chi connectivity index (χ1n) is 13.7. The molecule has 4 nitrogen and oxygen atoms in total. The van der Waals surface area contributed by atoms with Crippen molar-refractivity contribution in [3.63, 3.8) is 0 Å². The number of amides is 2. The predicted molar refractivity (Wildman–Crippen MR) is 138 cm³/mol. The molecule has 6 heteroatoms. The first kappa shape index (κ1) is 22.9. The molecule has 8 bridgehead atoms. The second-order valence-electron chi connectivity index (χ2n) is 13.6. The molecule has 2 amide bonds. The van der Waals surface area contributed by atoms with E-state index >= 15 is 0 Å². The Bertz CT molecular complexity index is 1060. The number of hydrogen-bond donors (Lipinski definition) is 2. The number of carbonyl (C=O) groups excluding carboxylic acids is 2. The first-order valence-corrected chi connectivity index (χ1v) is 14.5. The van der Waals surface area contributed by atoms with E-state index in [1.54, 1.807) is 0 Å². The summed E-state index contributed by atoms with van der Waals surface area (Å²) in [6, 6.07) is 7.92. The summed E-state index contributed by atoms with van der Waals surface area (Å²) in [7, 11) is 0. The van der Waals surface area contributed by atoms with E-state index in [0.29, 0.717) is 30.2 Å². The van der Waals surface area contributed by atoms with Crippen LogP contribution in [-0.4, -0.2) is 21.6 Å². The lowest BCUT2D eigenvalue weighted by atomic mass is 9.49. The maximum absolute atomic E-state index is 13.7. The van der Waals surface area contributed by atoms with Gasteiger partial charge in [0.2, 0.25) is 11.8 Å². The van der Waals surface area contributed by atoms with E-state index in [2.05, 4.69) is 10.6 Å². The number of carbonyl (C=O) groups is 2. The van der Waals surface area contributed by atoms with Crippen LogP contribution in [0.3, 0.4) is 0 Å². The van der Waals surface area contributed by atoms with Gasteiger partial charge in [0.05, 0.1) is 10.8 Å². The minimum atomic E-state index is -0.337. The normalized spacial score (nSPS) is 46.6. The molecule has 0 aliphatic heterocycles. The van der Waals surface area contributed by atoms with Crippen molar-refractivity contribution >= 4 is 40.7 Å². The molecule has 2 N–H and O–H groups in total. The first-order chi connectivity index (χ1) is 16.7. The van der Waals surface area contributed by atoms with Crippen molar-refractivity contribution in [2.45, 2.75) is 93.3 Å². The summed E-state index contributed by atoms with van der Waals surface area (Å²) in [5.41, 5.74) is 1.13. The van der Waals surface area contributed by atoms with E-state index in [1.165, 1.54) is 12.8 Å². The Morgan fingerprint density at radius 2 is 1.23 bits per heavy atom. The van der Waals surface area contributed by atoms with Gasteiger partial charge in [-0.25, -0.2) is 0 Å². The van der Waals surface area contributed by atoms with Crippen molar-refractivity contribution in [3.8, 4) is 0 Å². The molecule has 35 heavy (non-hydrogen) atoms. The van der Waals surface area contributed by atoms with E-state index in [1.807, 2.05) is 24.3 Å². The Balaban J connectivity index is 1.06. The average Bonchev–Trinajstić information content (AvgIpc) is 2.75. The summed E-state index contributed by atoms with van der Waals surface area (Å²) in [5.74, 6) is 2.63. The monoisotopic (exact) mass is 514 g/mol. The number of nitrogens with one attached hydrogen (secondary N) is 2. The SMILES string of the molecule is O=C(NCc1ccccc1NC(=O)C12C[C@H]3C[C@@H](CC(Cl)(C3)C1)C2)C12C[C@H]3C[C@@H](CC(Cl)(C3)C1)C2. The smallest absolute Gasteiger partial charge is 0.230 e. The fraction of sp³-hybridized carbons (Fsp3) is 0.724. The standard InChI is InChI=1S/C29H36Cl2N2O2/c30-28-11-18-5-19(12-28)8-26(7-18,16-28)24(34)32-15-22-3-1-2-4-23(22)33-25(35)27-9-20-6-21(10-27)14-29(31,13-20)17-27/h1-4,18-21H,5-17H2,(H,32,34)(H,33,35)/t18-,19-,20-,21-,26?,27?,28?,29?/m1/s1. The van der Waals surface area contributed by atoms with Crippen LogP contribution in [0.5, 0.6) is 0 Å². The molecule has 0 unspecified atom stereocenters. The molecule has 0 heterocycles. The molecular formula is C29H36Cl2N2O2. The molecule has 9 rings (SSSR count). The summed E-state index contributed by atoms with van der Waals surface area (Å²) in [5, 5.41) is 6.54. The second-order valence-corrected chi connectivity index (χ2v) is 15.2. The molecule has 1 aromatic carbocycles. The molecule has 0 spiro atoms. The van der Waals surface area contributed by atoms with Crippen molar-refractivity contribution in [2.75, 3.05) is 5.32 Å². The Labute approximate surface area is 218 Å². The van der Waals surface area contributed by atoms with Crippen molar-refractivity contribution in [2.24, 2.45) is 34.5 Å². The molecule has 8 aliphatic rings.